The van der Waals surface area contributed by atoms with E-state index >= 15 is 0 Å². The molecule has 0 unspecified atom stereocenters. The molecular weight excluding hydrogens is 677 g/mol. The number of hydrogen-bond acceptors (Lipinski definition) is 1. The topological polar surface area (TPSA) is 8.17 Å². The molecule has 0 aliphatic heterocycles. The van der Waals surface area contributed by atoms with Crippen molar-refractivity contribution in [3.05, 3.63) is 205 Å². The van der Waals surface area contributed by atoms with E-state index in [-0.39, 0.29) is 5.41 Å². The summed E-state index contributed by atoms with van der Waals surface area (Å²) in [7, 11) is 0. The van der Waals surface area contributed by atoms with Crippen LogP contribution >= 0.6 is 0 Å². The minimum absolute atomic E-state index is 0.254. The Morgan fingerprint density at radius 2 is 1.11 bits per heavy atom. The molecule has 0 atom stereocenters. The molecule has 0 spiro atoms. The van der Waals surface area contributed by atoms with Crippen LogP contribution in [0, 0.1) is 6.92 Å². The van der Waals surface area contributed by atoms with E-state index in [0.29, 0.717) is 0 Å². The van der Waals surface area contributed by atoms with Gasteiger partial charge >= 0.3 is 0 Å². The molecule has 0 fully saturated rings. The number of aromatic nitrogens is 1. The van der Waals surface area contributed by atoms with Crippen LogP contribution in [-0.4, -0.2) is 4.57 Å². The van der Waals surface area contributed by atoms with Gasteiger partial charge in [-0.15, -0.1) is 0 Å². The van der Waals surface area contributed by atoms with Crippen molar-refractivity contribution < 1.29 is 0 Å². The molecule has 1 aliphatic carbocycles. The van der Waals surface area contributed by atoms with Crippen molar-refractivity contribution in [2.75, 3.05) is 4.90 Å². The van der Waals surface area contributed by atoms with E-state index in [1.165, 1.54) is 93.7 Å². The van der Waals surface area contributed by atoms with Gasteiger partial charge in [0.25, 0.3) is 0 Å². The molecule has 0 radical (unpaired) electrons. The minimum Gasteiger partial charge on any atom is -0.310 e. The summed E-state index contributed by atoms with van der Waals surface area (Å²) in [5.41, 5.74) is 16.0. The number of aryl methyl sites for hydroxylation is 1. The van der Waals surface area contributed by atoms with Crippen LogP contribution in [0.25, 0.3) is 71.3 Å². The number of anilines is 3. The van der Waals surface area contributed by atoms with Gasteiger partial charge in [-0.2, -0.15) is 0 Å². The van der Waals surface area contributed by atoms with Gasteiger partial charge in [0.05, 0.1) is 22.4 Å². The molecule has 0 N–H and O–H groups in total. The van der Waals surface area contributed by atoms with Crippen LogP contribution in [0.3, 0.4) is 0 Å². The van der Waals surface area contributed by atoms with Crippen molar-refractivity contribution in [1.82, 2.24) is 4.57 Å². The Morgan fingerprint density at radius 3 is 1.91 bits per heavy atom. The average Bonchev–Trinajstić information content (AvgIpc) is 3.68. The number of nitrogens with zero attached hydrogens (tertiary/aromatic N) is 2. The lowest BCUT2D eigenvalue weighted by Crippen LogP contribution is -2.17. The normalized spacial score (nSPS) is 13.1. The first-order chi connectivity index (χ1) is 27.5. The van der Waals surface area contributed by atoms with Crippen LogP contribution in [-0.2, 0) is 5.41 Å². The van der Waals surface area contributed by atoms with E-state index in [1.807, 2.05) is 0 Å². The Labute approximate surface area is 327 Å². The zero-order chi connectivity index (χ0) is 37.5. The first-order valence-electron chi connectivity index (χ1n) is 19.6. The summed E-state index contributed by atoms with van der Waals surface area (Å²) in [5.74, 6) is 0. The van der Waals surface area contributed by atoms with E-state index in [1.54, 1.807) is 0 Å². The minimum atomic E-state index is -0.254. The molecule has 1 aliphatic rings. The maximum atomic E-state index is 2.52. The van der Waals surface area contributed by atoms with Crippen molar-refractivity contribution in [2.24, 2.45) is 0 Å². The molecule has 2 heteroatoms. The van der Waals surface area contributed by atoms with Gasteiger partial charge in [-0.05, 0) is 112 Å². The van der Waals surface area contributed by atoms with Gasteiger partial charge in [0.15, 0.2) is 0 Å². The summed E-state index contributed by atoms with van der Waals surface area (Å²) < 4.78 is 2.52. The van der Waals surface area contributed by atoms with Gasteiger partial charge in [-0.1, -0.05) is 147 Å². The zero-order valence-electron chi connectivity index (χ0n) is 31.8. The summed E-state index contributed by atoms with van der Waals surface area (Å²) in [6.07, 6.45) is 0. The maximum Gasteiger partial charge on any atom is 0.0544 e. The van der Waals surface area contributed by atoms with Crippen LogP contribution < -0.4 is 4.90 Å². The second kappa shape index (κ2) is 12.3. The Kier molecular flexibility index (Phi) is 7.15. The van der Waals surface area contributed by atoms with Gasteiger partial charge < -0.3 is 9.47 Å². The lowest BCUT2D eigenvalue weighted by atomic mass is 9.81. The Hall–Kier alpha value is -6.90. The third-order valence-corrected chi connectivity index (χ3v) is 12.2. The molecule has 9 aromatic carbocycles. The number of benzene rings is 9. The fourth-order valence-electron chi connectivity index (χ4n) is 9.49. The van der Waals surface area contributed by atoms with Crippen LogP contribution in [0.4, 0.5) is 17.1 Å². The smallest absolute Gasteiger partial charge is 0.0544 e. The molecule has 1 aromatic heterocycles. The van der Waals surface area contributed by atoms with Crippen molar-refractivity contribution >= 4 is 60.4 Å². The first kappa shape index (κ1) is 32.5. The quantitative estimate of drug-likeness (QED) is 0.172. The van der Waals surface area contributed by atoms with E-state index in [2.05, 4.69) is 218 Å². The molecule has 0 saturated carbocycles. The van der Waals surface area contributed by atoms with E-state index in [4.69, 9.17) is 0 Å². The highest BCUT2D eigenvalue weighted by Crippen LogP contribution is 2.54. The monoisotopic (exact) mass is 716 g/mol. The van der Waals surface area contributed by atoms with Crippen molar-refractivity contribution in [3.8, 4) is 27.9 Å². The van der Waals surface area contributed by atoms with E-state index < -0.39 is 0 Å². The third-order valence-electron chi connectivity index (χ3n) is 12.2. The molecule has 2 nitrogen and oxygen atoms in total. The molecule has 0 saturated heterocycles. The highest BCUT2D eigenvalue weighted by molar-refractivity contribution is 6.14. The standard InChI is InChI=1S/C54H40N2/c1-35-25-29-50-45(31-35)46-32-38(36-15-6-4-7-16-36)26-30-51(46)56(50)52-34-48-53(43-23-13-12-22-42(43)52)44-28-27-40(33-47(44)54(48,2)3)55(39-19-8-5-9-20-39)49-24-14-18-37-17-10-11-21-41(37)49/h4-34H,1-3H3. The third kappa shape index (κ3) is 4.82. The lowest BCUT2D eigenvalue weighted by Gasteiger charge is -2.29. The summed E-state index contributed by atoms with van der Waals surface area (Å²) in [6.45, 7) is 7.01. The van der Waals surface area contributed by atoms with Gasteiger partial charge in [0.2, 0.25) is 0 Å². The van der Waals surface area contributed by atoms with Crippen molar-refractivity contribution in [3.63, 3.8) is 0 Å². The molecule has 10 aromatic rings. The second-order valence-electron chi connectivity index (χ2n) is 15.8. The Balaban J connectivity index is 1.14. The van der Waals surface area contributed by atoms with Crippen molar-refractivity contribution in [2.45, 2.75) is 26.2 Å². The van der Waals surface area contributed by atoms with E-state index in [9.17, 15) is 0 Å². The lowest BCUT2D eigenvalue weighted by molar-refractivity contribution is 0.660. The number of para-hydroxylation sites is 1. The highest BCUT2D eigenvalue weighted by Gasteiger charge is 2.38. The van der Waals surface area contributed by atoms with Gasteiger partial charge in [-0.25, -0.2) is 0 Å². The zero-order valence-corrected chi connectivity index (χ0v) is 31.8. The Morgan fingerprint density at radius 1 is 0.446 bits per heavy atom. The van der Waals surface area contributed by atoms with Crippen molar-refractivity contribution in [1.29, 1.82) is 0 Å². The summed E-state index contributed by atoms with van der Waals surface area (Å²) in [4.78, 5) is 2.43. The van der Waals surface area contributed by atoms with Crippen LogP contribution in [0.2, 0.25) is 0 Å². The van der Waals surface area contributed by atoms with Gasteiger partial charge in [0.1, 0.15) is 0 Å². The fraction of sp³-hybridized carbons (Fsp3) is 0.0741. The van der Waals surface area contributed by atoms with E-state index in [0.717, 1.165) is 11.4 Å². The molecule has 0 amide bonds. The average molecular weight is 717 g/mol. The fourth-order valence-corrected chi connectivity index (χ4v) is 9.49. The molecule has 0 bridgehead atoms. The number of hydrogen-bond donors (Lipinski definition) is 0. The van der Waals surface area contributed by atoms with Crippen LogP contribution in [0.1, 0.15) is 30.5 Å². The molecule has 11 rings (SSSR count). The largest absolute Gasteiger partial charge is 0.310 e. The van der Waals surface area contributed by atoms with Crippen LogP contribution in [0.5, 0.6) is 0 Å². The maximum absolute atomic E-state index is 2.52. The van der Waals surface area contributed by atoms with Gasteiger partial charge in [-0.3, -0.25) is 0 Å². The molecule has 1 heterocycles. The predicted molar refractivity (Wildman–Crippen MR) is 238 cm³/mol. The highest BCUT2D eigenvalue weighted by atomic mass is 15.1. The van der Waals surface area contributed by atoms with Crippen LogP contribution in [0.15, 0.2) is 188 Å². The SMILES string of the molecule is Cc1ccc2c(c1)c1cc(-c3ccccc3)ccc1n2-c1cc2c(c3ccccc13)-c1ccc(N(c3ccccc3)c3cccc4ccccc34)cc1C2(C)C. The summed E-state index contributed by atoms with van der Waals surface area (Å²) in [5, 5.41) is 7.56. The van der Waals surface area contributed by atoms with Gasteiger partial charge in [0, 0.05) is 38.3 Å². The number of fused-ring (bicyclic) bond motifs is 9. The molecular formula is C54H40N2. The molecule has 56 heavy (non-hydrogen) atoms. The molecule has 266 valence electrons. The number of rotatable bonds is 5. The predicted octanol–water partition coefficient (Wildman–Crippen LogP) is 14.8. The second-order valence-corrected chi connectivity index (χ2v) is 15.8. The first-order valence-corrected chi connectivity index (χ1v) is 19.6. The summed E-state index contributed by atoms with van der Waals surface area (Å²) in [6, 6.07) is 69.4. The Bertz CT molecular complexity index is 3160. The summed E-state index contributed by atoms with van der Waals surface area (Å²) >= 11 is 0.